The molecule has 0 aromatic heterocycles. The summed E-state index contributed by atoms with van der Waals surface area (Å²) in [5.74, 6) is 0. The maximum absolute atomic E-state index is 13.3. The van der Waals surface area contributed by atoms with Crippen molar-refractivity contribution in [3.8, 4) is 0 Å². The first-order valence-corrected chi connectivity index (χ1v) is 12.2. The molecule has 2 aromatic rings. The van der Waals surface area contributed by atoms with E-state index in [0.29, 0.717) is 23.4 Å². The Hall–Kier alpha value is -1.51. The molecule has 1 aliphatic rings. The molecule has 1 aliphatic heterocycles. The van der Waals surface area contributed by atoms with E-state index < -0.39 is 25.8 Å². The van der Waals surface area contributed by atoms with Crippen LogP contribution < -0.4 is 4.31 Å². The average Bonchev–Trinajstić information content (AvgIpc) is 2.61. The summed E-state index contributed by atoms with van der Waals surface area (Å²) in [4.78, 5) is 0.252. The number of rotatable bonds is 3. The van der Waals surface area contributed by atoms with Crippen LogP contribution in [0.5, 0.6) is 0 Å². The van der Waals surface area contributed by atoms with E-state index in [0.717, 1.165) is 10.0 Å². The summed E-state index contributed by atoms with van der Waals surface area (Å²) in [6.07, 6.45) is 0.404. The number of halogens is 1. The lowest BCUT2D eigenvalue weighted by molar-refractivity contribution is 0.590. The molecule has 0 bridgehead atoms. The van der Waals surface area contributed by atoms with Crippen molar-refractivity contribution in [2.45, 2.75) is 43.8 Å². The van der Waals surface area contributed by atoms with Gasteiger partial charge in [-0.3, -0.25) is 4.31 Å². The van der Waals surface area contributed by atoms with Crippen LogP contribution in [0.3, 0.4) is 0 Å². The van der Waals surface area contributed by atoms with Gasteiger partial charge in [0.05, 0.1) is 21.0 Å². The highest BCUT2D eigenvalue weighted by molar-refractivity contribution is 9.10. The van der Waals surface area contributed by atoms with E-state index >= 15 is 0 Å². The lowest BCUT2D eigenvalue weighted by Gasteiger charge is -2.31. The molecule has 28 heavy (non-hydrogen) atoms. The van der Waals surface area contributed by atoms with Gasteiger partial charge in [-0.2, -0.15) is 4.40 Å². The first kappa shape index (κ1) is 21.2. The van der Waals surface area contributed by atoms with Crippen LogP contribution in [0, 0.1) is 6.92 Å². The van der Waals surface area contributed by atoms with Gasteiger partial charge < -0.3 is 0 Å². The van der Waals surface area contributed by atoms with Crippen molar-refractivity contribution in [1.82, 2.24) is 0 Å². The van der Waals surface area contributed by atoms with E-state index in [-0.39, 0.29) is 11.4 Å². The third-order valence-corrected chi connectivity index (χ3v) is 8.17. The monoisotopic (exact) mass is 482 g/mol. The van der Waals surface area contributed by atoms with Crippen molar-refractivity contribution in [3.05, 3.63) is 58.1 Å². The number of hydrogen-bond donors (Lipinski definition) is 0. The van der Waals surface area contributed by atoms with Crippen LogP contribution in [0.15, 0.2) is 56.2 Å². The molecule has 1 atom stereocenters. The smallest absolute Gasteiger partial charge is 0.264 e. The fraction of sp³-hybridized carbons (Fsp3) is 0.350. The molecule has 2 aromatic carbocycles. The molecule has 0 amide bonds. The van der Waals surface area contributed by atoms with E-state index in [9.17, 15) is 12.6 Å². The van der Waals surface area contributed by atoms with Crippen molar-refractivity contribution < 1.29 is 12.6 Å². The predicted octanol–water partition coefficient (Wildman–Crippen LogP) is 4.61. The van der Waals surface area contributed by atoms with Gasteiger partial charge in [0.15, 0.2) is 0 Å². The normalized spacial score (nSPS) is 17.5. The van der Waals surface area contributed by atoms with Crippen LogP contribution in [-0.4, -0.2) is 29.6 Å². The van der Waals surface area contributed by atoms with Crippen LogP contribution >= 0.6 is 15.9 Å². The van der Waals surface area contributed by atoms with E-state index in [2.05, 4.69) is 20.3 Å². The van der Waals surface area contributed by atoms with Crippen LogP contribution in [0.1, 0.15) is 38.3 Å². The summed E-state index contributed by atoms with van der Waals surface area (Å²) in [5, 5.41) is 0. The molecule has 0 spiro atoms. The Morgan fingerprint density at radius 3 is 2.36 bits per heavy atom. The van der Waals surface area contributed by atoms with Gasteiger partial charge in [-0.1, -0.05) is 33.6 Å². The zero-order chi connectivity index (χ0) is 20.7. The zero-order valence-corrected chi connectivity index (χ0v) is 19.5. The van der Waals surface area contributed by atoms with Gasteiger partial charge in [-0.05, 0) is 58.0 Å². The standard InChI is InChI=1S/C20H23BrN2O3S2/c1-14-5-8-16(9-6-14)28(25,26)23-12-11-18(22-27(24)20(2,3)4)17-10-7-15(21)13-19(17)23/h5-10,13H,11-12H2,1-4H3. The van der Waals surface area contributed by atoms with Crippen molar-refractivity contribution >= 4 is 48.3 Å². The molecule has 150 valence electrons. The number of sulfonamides is 1. The molecule has 0 aliphatic carbocycles. The number of anilines is 1. The van der Waals surface area contributed by atoms with Crippen LogP contribution in [0.4, 0.5) is 5.69 Å². The fourth-order valence-electron chi connectivity index (χ4n) is 2.84. The first-order chi connectivity index (χ1) is 13.0. The third-order valence-electron chi connectivity index (χ3n) is 4.42. The Kier molecular flexibility index (Phi) is 5.85. The second kappa shape index (κ2) is 7.72. The predicted molar refractivity (Wildman–Crippen MR) is 119 cm³/mol. The van der Waals surface area contributed by atoms with E-state index in [1.807, 2.05) is 39.8 Å². The largest absolute Gasteiger partial charge is 0.265 e. The molecule has 1 unspecified atom stereocenters. The summed E-state index contributed by atoms with van der Waals surface area (Å²) in [6, 6.07) is 12.3. The highest BCUT2D eigenvalue weighted by atomic mass is 79.9. The molecule has 5 nitrogen and oxygen atoms in total. The summed E-state index contributed by atoms with van der Waals surface area (Å²) >= 11 is 3.43. The average molecular weight is 483 g/mol. The molecular weight excluding hydrogens is 460 g/mol. The van der Waals surface area contributed by atoms with Crippen LogP contribution in [-0.2, 0) is 21.0 Å². The van der Waals surface area contributed by atoms with Crippen molar-refractivity contribution in [2.24, 2.45) is 4.40 Å². The summed E-state index contributed by atoms with van der Waals surface area (Å²) in [7, 11) is -5.12. The number of benzene rings is 2. The van der Waals surface area contributed by atoms with Crippen LogP contribution in [0.25, 0.3) is 0 Å². The molecule has 3 rings (SSSR count). The van der Waals surface area contributed by atoms with Gasteiger partial charge in [0, 0.05) is 23.0 Å². The van der Waals surface area contributed by atoms with Gasteiger partial charge in [0.2, 0.25) is 0 Å². The van der Waals surface area contributed by atoms with Crippen LogP contribution in [0.2, 0.25) is 0 Å². The SMILES string of the molecule is Cc1ccc(S(=O)(=O)N2CCC(=NS(=O)C(C)(C)C)c3ccc(Br)cc32)cc1. The van der Waals surface area contributed by atoms with Crippen molar-refractivity contribution in [1.29, 1.82) is 0 Å². The fourth-order valence-corrected chi connectivity index (χ4v) is 5.33. The molecule has 0 N–H and O–H groups in total. The Bertz CT molecular complexity index is 1060. The van der Waals surface area contributed by atoms with E-state index in [1.54, 1.807) is 30.3 Å². The molecule has 0 saturated carbocycles. The number of nitrogens with zero attached hydrogens (tertiary/aromatic N) is 2. The maximum atomic E-state index is 13.3. The van der Waals surface area contributed by atoms with Crippen molar-refractivity contribution in [2.75, 3.05) is 10.8 Å². The topological polar surface area (TPSA) is 66.8 Å². The number of fused-ring (bicyclic) bond motifs is 1. The molecule has 1 heterocycles. The van der Waals surface area contributed by atoms with Gasteiger partial charge in [0.1, 0.15) is 11.0 Å². The lowest BCUT2D eigenvalue weighted by atomic mass is 10.0. The van der Waals surface area contributed by atoms with Gasteiger partial charge in [-0.25, -0.2) is 12.6 Å². The Morgan fingerprint density at radius 1 is 1.11 bits per heavy atom. The Morgan fingerprint density at radius 2 is 1.75 bits per heavy atom. The Labute approximate surface area is 177 Å². The second-order valence-electron chi connectivity index (χ2n) is 7.70. The molecule has 0 radical (unpaired) electrons. The first-order valence-electron chi connectivity index (χ1n) is 8.89. The zero-order valence-electron chi connectivity index (χ0n) is 16.3. The molecule has 0 fully saturated rings. The molecule has 0 saturated heterocycles. The lowest BCUT2D eigenvalue weighted by Crippen LogP contribution is -2.38. The highest BCUT2D eigenvalue weighted by Gasteiger charge is 2.32. The van der Waals surface area contributed by atoms with Crippen molar-refractivity contribution in [3.63, 3.8) is 0 Å². The maximum Gasteiger partial charge on any atom is 0.264 e. The summed E-state index contributed by atoms with van der Waals surface area (Å²) in [5.41, 5.74) is 2.92. The number of aryl methyl sites for hydroxylation is 1. The summed E-state index contributed by atoms with van der Waals surface area (Å²) in [6.45, 7) is 7.77. The minimum Gasteiger partial charge on any atom is -0.265 e. The third kappa shape index (κ3) is 4.23. The Balaban J connectivity index is 2.10. The van der Waals surface area contributed by atoms with Gasteiger partial charge >= 0.3 is 0 Å². The van der Waals surface area contributed by atoms with Gasteiger partial charge in [0.25, 0.3) is 10.0 Å². The highest BCUT2D eigenvalue weighted by Crippen LogP contribution is 2.35. The summed E-state index contributed by atoms with van der Waals surface area (Å²) < 4.78 is 45.2. The van der Waals surface area contributed by atoms with Gasteiger partial charge in [-0.15, -0.1) is 0 Å². The molecule has 8 heteroatoms. The second-order valence-corrected chi connectivity index (χ2v) is 12.4. The molecular formula is C20H23BrN2O3S2. The quantitative estimate of drug-likeness (QED) is 0.641. The minimum atomic E-state index is -3.71. The number of hydrogen-bond acceptors (Lipinski definition) is 3. The van der Waals surface area contributed by atoms with E-state index in [4.69, 9.17) is 0 Å². The van der Waals surface area contributed by atoms with E-state index in [1.165, 1.54) is 4.31 Å². The minimum absolute atomic E-state index is 0.250.